The number of carbonyl (C=O) groups is 1. The molecule has 0 radical (unpaired) electrons. The molecule has 1 amide bonds. The second-order valence-electron chi connectivity index (χ2n) is 4.76. The fourth-order valence-corrected chi connectivity index (χ4v) is 2.64. The van der Waals surface area contributed by atoms with Crippen molar-refractivity contribution in [3.05, 3.63) is 16.5 Å². The molecule has 0 spiro atoms. The first-order valence-electron chi connectivity index (χ1n) is 6.45. The smallest absolute Gasteiger partial charge is 0.404 e. The van der Waals surface area contributed by atoms with Crippen molar-refractivity contribution < 1.29 is 9.53 Å². The number of primary amides is 1. The largest absolute Gasteiger partial charge is 0.446 e. The highest BCUT2D eigenvalue weighted by Crippen LogP contribution is 2.26. The zero-order valence-corrected chi connectivity index (χ0v) is 12.3. The number of nitrogens with zero attached hydrogens (tertiary/aromatic N) is 2. The van der Waals surface area contributed by atoms with Gasteiger partial charge in [0.15, 0.2) is 0 Å². The van der Waals surface area contributed by atoms with Gasteiger partial charge in [-0.1, -0.05) is 18.0 Å². The lowest BCUT2D eigenvalue weighted by molar-refractivity contribution is 0.0957. The van der Waals surface area contributed by atoms with Crippen LogP contribution in [0.5, 0.6) is 0 Å². The van der Waals surface area contributed by atoms with Gasteiger partial charge in [0.2, 0.25) is 5.28 Å². The highest BCUT2D eigenvalue weighted by molar-refractivity contribution is 6.33. The molecule has 20 heavy (non-hydrogen) atoms. The van der Waals surface area contributed by atoms with Crippen molar-refractivity contribution in [2.75, 3.05) is 5.32 Å². The van der Waals surface area contributed by atoms with Crippen LogP contribution in [0, 0.1) is 0 Å². The molecule has 110 valence electrons. The molecule has 0 aliphatic heterocycles. The number of nitrogens with one attached hydrogen (secondary N) is 1. The van der Waals surface area contributed by atoms with E-state index in [2.05, 4.69) is 15.3 Å². The molecule has 1 aliphatic rings. The number of hydrogen-bond donors (Lipinski definition) is 2. The van der Waals surface area contributed by atoms with E-state index in [1.54, 1.807) is 0 Å². The highest BCUT2D eigenvalue weighted by Gasteiger charge is 2.23. The summed E-state index contributed by atoms with van der Waals surface area (Å²) in [7, 11) is 0. The van der Waals surface area contributed by atoms with Crippen molar-refractivity contribution in [2.24, 2.45) is 5.73 Å². The summed E-state index contributed by atoms with van der Waals surface area (Å²) in [5.41, 5.74) is 5.08. The average molecular weight is 319 g/mol. The lowest BCUT2D eigenvalue weighted by Gasteiger charge is -2.21. The van der Waals surface area contributed by atoms with Crippen LogP contribution in [0.3, 0.4) is 0 Å². The lowest BCUT2D eigenvalue weighted by atomic mass is 10.1. The predicted octanol–water partition coefficient (Wildman–Crippen LogP) is 2.99. The summed E-state index contributed by atoms with van der Waals surface area (Å²) in [6.45, 7) is 0. The minimum absolute atomic E-state index is 0.102. The Balaban J connectivity index is 2.03. The van der Waals surface area contributed by atoms with Crippen LogP contribution in [0.2, 0.25) is 10.3 Å². The van der Waals surface area contributed by atoms with Gasteiger partial charge in [0.1, 0.15) is 16.9 Å². The van der Waals surface area contributed by atoms with E-state index in [-0.39, 0.29) is 17.4 Å². The lowest BCUT2D eigenvalue weighted by Crippen LogP contribution is -2.29. The maximum Gasteiger partial charge on any atom is 0.404 e. The quantitative estimate of drug-likeness (QED) is 0.660. The molecule has 0 unspecified atom stereocenters. The second-order valence-corrected chi connectivity index (χ2v) is 5.50. The SMILES string of the molecule is NC(=O)O[C@@H]1CCCC[C@H](Nc2nc(Cl)ncc2Cl)C1. The monoisotopic (exact) mass is 318 g/mol. The summed E-state index contributed by atoms with van der Waals surface area (Å²) < 4.78 is 5.10. The van der Waals surface area contributed by atoms with Gasteiger partial charge in [-0.15, -0.1) is 0 Å². The molecular weight excluding hydrogens is 303 g/mol. The van der Waals surface area contributed by atoms with Gasteiger partial charge in [-0.3, -0.25) is 0 Å². The summed E-state index contributed by atoms with van der Waals surface area (Å²) in [6.07, 6.45) is 4.99. The Labute approximate surface area is 127 Å². The summed E-state index contributed by atoms with van der Waals surface area (Å²) >= 11 is 11.8. The summed E-state index contributed by atoms with van der Waals surface area (Å²) in [5.74, 6) is 0.497. The number of hydrogen-bond acceptors (Lipinski definition) is 5. The normalized spacial score (nSPS) is 22.9. The Morgan fingerprint density at radius 2 is 2.15 bits per heavy atom. The predicted molar refractivity (Wildman–Crippen MR) is 77.0 cm³/mol. The van der Waals surface area contributed by atoms with Gasteiger partial charge < -0.3 is 15.8 Å². The van der Waals surface area contributed by atoms with E-state index < -0.39 is 6.09 Å². The number of aromatic nitrogens is 2. The van der Waals surface area contributed by atoms with Crippen LogP contribution in [-0.4, -0.2) is 28.2 Å². The van der Waals surface area contributed by atoms with Crippen LogP contribution in [0.15, 0.2) is 6.20 Å². The molecule has 1 aromatic rings. The number of anilines is 1. The molecule has 0 bridgehead atoms. The maximum atomic E-state index is 10.9. The standard InChI is InChI=1S/C12H16Cl2N4O2/c13-9-6-16-11(14)18-10(9)17-7-3-1-2-4-8(5-7)20-12(15)19/h6-8H,1-5H2,(H2,15,19)(H,16,17,18)/t7-,8+/m0/s1. The van der Waals surface area contributed by atoms with Crippen molar-refractivity contribution in [3.63, 3.8) is 0 Å². The van der Waals surface area contributed by atoms with E-state index in [0.717, 1.165) is 25.7 Å². The highest BCUT2D eigenvalue weighted by atomic mass is 35.5. The van der Waals surface area contributed by atoms with E-state index >= 15 is 0 Å². The fourth-order valence-electron chi connectivity index (χ4n) is 2.36. The van der Waals surface area contributed by atoms with Crippen LogP contribution in [-0.2, 0) is 4.74 Å². The van der Waals surface area contributed by atoms with Crippen molar-refractivity contribution in [3.8, 4) is 0 Å². The molecule has 2 rings (SSSR count). The first-order chi connectivity index (χ1) is 9.54. The molecular formula is C12H16Cl2N4O2. The third-order valence-corrected chi connectivity index (χ3v) is 3.67. The Hall–Kier alpha value is -1.27. The maximum absolute atomic E-state index is 10.9. The molecule has 1 aromatic heterocycles. The molecule has 8 heteroatoms. The van der Waals surface area contributed by atoms with Crippen LogP contribution in [0.25, 0.3) is 0 Å². The van der Waals surface area contributed by atoms with E-state index in [4.69, 9.17) is 33.7 Å². The molecule has 6 nitrogen and oxygen atoms in total. The van der Waals surface area contributed by atoms with Crippen molar-refractivity contribution >= 4 is 35.1 Å². The van der Waals surface area contributed by atoms with Gasteiger partial charge in [0.25, 0.3) is 0 Å². The van der Waals surface area contributed by atoms with Gasteiger partial charge in [-0.2, -0.15) is 4.98 Å². The van der Waals surface area contributed by atoms with Crippen LogP contribution in [0.1, 0.15) is 32.1 Å². The number of halogens is 2. The first-order valence-corrected chi connectivity index (χ1v) is 7.21. The minimum Gasteiger partial charge on any atom is -0.446 e. The zero-order chi connectivity index (χ0) is 14.5. The van der Waals surface area contributed by atoms with Gasteiger partial charge in [-0.05, 0) is 30.9 Å². The van der Waals surface area contributed by atoms with Gasteiger partial charge in [0.05, 0.1) is 6.20 Å². The zero-order valence-electron chi connectivity index (χ0n) is 10.8. The Morgan fingerprint density at radius 1 is 1.40 bits per heavy atom. The van der Waals surface area contributed by atoms with Crippen LogP contribution < -0.4 is 11.1 Å². The summed E-state index contributed by atoms with van der Waals surface area (Å²) in [4.78, 5) is 18.7. The van der Waals surface area contributed by atoms with Gasteiger partial charge >= 0.3 is 6.09 Å². The molecule has 1 heterocycles. The van der Waals surface area contributed by atoms with E-state index in [0.29, 0.717) is 17.3 Å². The van der Waals surface area contributed by atoms with E-state index in [1.807, 2.05) is 0 Å². The molecule has 1 aliphatic carbocycles. The summed E-state index contributed by atoms with van der Waals surface area (Å²) in [6, 6.07) is 0.102. The Kier molecular flexibility index (Phi) is 5.25. The number of ether oxygens (including phenoxy) is 1. The number of rotatable bonds is 3. The third-order valence-electron chi connectivity index (χ3n) is 3.21. The van der Waals surface area contributed by atoms with E-state index in [9.17, 15) is 4.79 Å². The van der Waals surface area contributed by atoms with Crippen molar-refractivity contribution in [2.45, 2.75) is 44.2 Å². The molecule has 1 saturated carbocycles. The van der Waals surface area contributed by atoms with Crippen molar-refractivity contribution in [1.29, 1.82) is 0 Å². The molecule has 1 fully saturated rings. The number of amides is 1. The topological polar surface area (TPSA) is 90.1 Å². The molecule has 3 N–H and O–H groups in total. The van der Waals surface area contributed by atoms with E-state index in [1.165, 1.54) is 6.20 Å². The van der Waals surface area contributed by atoms with Crippen LogP contribution >= 0.6 is 23.2 Å². The molecule has 0 saturated heterocycles. The minimum atomic E-state index is -0.737. The summed E-state index contributed by atoms with van der Waals surface area (Å²) in [5, 5.41) is 3.78. The number of carbonyl (C=O) groups excluding carboxylic acids is 1. The van der Waals surface area contributed by atoms with Crippen LogP contribution in [0.4, 0.5) is 10.6 Å². The Morgan fingerprint density at radius 3 is 2.90 bits per heavy atom. The third kappa shape index (κ3) is 4.38. The van der Waals surface area contributed by atoms with Gasteiger partial charge in [-0.25, -0.2) is 9.78 Å². The Bertz CT molecular complexity index is 487. The second kappa shape index (κ2) is 6.95. The number of nitrogens with two attached hydrogens (primary N) is 1. The van der Waals surface area contributed by atoms with Crippen molar-refractivity contribution in [1.82, 2.24) is 9.97 Å². The molecule has 2 atom stereocenters. The first kappa shape index (κ1) is 15.1. The molecule has 0 aromatic carbocycles. The fraction of sp³-hybridized carbons (Fsp3) is 0.583. The van der Waals surface area contributed by atoms with Gasteiger partial charge in [0, 0.05) is 12.5 Å². The average Bonchev–Trinajstić information content (AvgIpc) is 2.58.